The lowest BCUT2D eigenvalue weighted by atomic mass is 9.59. The van der Waals surface area contributed by atoms with Crippen molar-refractivity contribution in [1.82, 2.24) is 0 Å². The lowest BCUT2D eigenvalue weighted by Crippen LogP contribution is -2.62. The predicted octanol–water partition coefficient (Wildman–Crippen LogP) is 0.00260. The summed E-state index contributed by atoms with van der Waals surface area (Å²) in [5.74, 6) is -0.556. The third-order valence-electron chi connectivity index (χ3n) is 4.29. The number of hydrogen-bond donors (Lipinski definition) is 2. The van der Waals surface area contributed by atoms with Gasteiger partial charge in [-0.25, -0.2) is 0 Å². The minimum atomic E-state index is -1.36. The Kier molecular flexibility index (Phi) is 4.17. The van der Waals surface area contributed by atoms with Gasteiger partial charge in [0.15, 0.2) is 0 Å². The summed E-state index contributed by atoms with van der Waals surface area (Å²) in [6.07, 6.45) is 2.17. The Bertz CT molecular complexity index is 443. The number of fused-ring (bicyclic) bond motifs is 1. The molecule has 0 saturated carbocycles. The summed E-state index contributed by atoms with van der Waals surface area (Å²) in [5, 5.41) is 20.6. The second kappa shape index (κ2) is 5.55. The van der Waals surface area contributed by atoms with Crippen LogP contribution in [0.5, 0.6) is 0 Å². The molecular weight excluding hydrogens is 264 g/mol. The number of allylic oxidation sites excluding steroid dienone is 1. The zero-order valence-corrected chi connectivity index (χ0v) is 11.8. The van der Waals surface area contributed by atoms with Gasteiger partial charge in [-0.3, -0.25) is 4.79 Å². The van der Waals surface area contributed by atoms with Gasteiger partial charge in [-0.1, -0.05) is 12.2 Å². The van der Waals surface area contributed by atoms with Crippen molar-refractivity contribution in [2.45, 2.75) is 24.7 Å². The van der Waals surface area contributed by atoms with E-state index < -0.39 is 35.6 Å². The molecule has 0 amide bonds. The van der Waals surface area contributed by atoms with Crippen LogP contribution in [0.25, 0.3) is 0 Å². The molecule has 5 atom stereocenters. The van der Waals surface area contributed by atoms with E-state index in [0.717, 1.165) is 0 Å². The van der Waals surface area contributed by atoms with Gasteiger partial charge in [0.25, 0.3) is 0 Å². The molecule has 20 heavy (non-hydrogen) atoms. The predicted molar refractivity (Wildman–Crippen MR) is 69.6 cm³/mol. The van der Waals surface area contributed by atoms with Crippen LogP contribution in [0.3, 0.4) is 0 Å². The van der Waals surface area contributed by atoms with Crippen LogP contribution in [0.2, 0.25) is 0 Å². The lowest BCUT2D eigenvalue weighted by Gasteiger charge is -2.49. The zero-order chi connectivity index (χ0) is 14.9. The van der Waals surface area contributed by atoms with Gasteiger partial charge in [-0.05, 0) is 6.08 Å². The molecule has 0 aromatic rings. The van der Waals surface area contributed by atoms with Gasteiger partial charge in [0, 0.05) is 19.4 Å². The van der Waals surface area contributed by atoms with Crippen molar-refractivity contribution in [3.8, 4) is 0 Å². The molecule has 0 saturated heterocycles. The summed E-state index contributed by atoms with van der Waals surface area (Å²) in [4.78, 5) is 12.4. The van der Waals surface area contributed by atoms with E-state index in [4.69, 9.17) is 14.2 Å². The van der Waals surface area contributed by atoms with Gasteiger partial charge in [0.2, 0.25) is 0 Å². The molecule has 2 rings (SSSR count). The minimum absolute atomic E-state index is 0.327. The van der Waals surface area contributed by atoms with Crippen molar-refractivity contribution < 1.29 is 29.2 Å². The monoisotopic (exact) mass is 284 g/mol. The number of rotatable bonds is 3. The highest BCUT2D eigenvalue weighted by Gasteiger charge is 2.62. The fourth-order valence-electron chi connectivity index (χ4n) is 3.25. The maximum Gasteiger partial charge on any atom is 0.318 e. The van der Waals surface area contributed by atoms with E-state index in [2.05, 4.69) is 0 Å². The Morgan fingerprint density at radius 2 is 2.00 bits per heavy atom. The van der Waals surface area contributed by atoms with Crippen LogP contribution in [0.15, 0.2) is 24.0 Å². The first-order chi connectivity index (χ1) is 9.52. The summed E-state index contributed by atoms with van der Waals surface area (Å²) in [6.45, 7) is 0. The quantitative estimate of drug-likeness (QED) is 0.560. The smallest absolute Gasteiger partial charge is 0.318 e. The normalized spacial score (nSPS) is 39.8. The summed E-state index contributed by atoms with van der Waals surface area (Å²) < 4.78 is 15.5. The van der Waals surface area contributed by atoms with Gasteiger partial charge >= 0.3 is 5.97 Å². The van der Waals surface area contributed by atoms with Crippen LogP contribution in [0.1, 0.15) is 6.42 Å². The van der Waals surface area contributed by atoms with Gasteiger partial charge in [0.05, 0.1) is 38.3 Å². The molecule has 0 spiro atoms. The number of hydrogen-bond acceptors (Lipinski definition) is 6. The molecule has 6 nitrogen and oxygen atoms in total. The molecule has 0 fully saturated rings. The Morgan fingerprint density at radius 3 is 2.55 bits per heavy atom. The van der Waals surface area contributed by atoms with E-state index >= 15 is 0 Å². The van der Waals surface area contributed by atoms with Gasteiger partial charge in [0.1, 0.15) is 5.41 Å². The number of ether oxygens (including phenoxy) is 3. The maximum absolute atomic E-state index is 12.4. The second-order valence-electron chi connectivity index (χ2n) is 5.05. The topological polar surface area (TPSA) is 85.2 Å². The minimum Gasteiger partial charge on any atom is -0.501 e. The van der Waals surface area contributed by atoms with Crippen molar-refractivity contribution in [2.24, 2.45) is 11.3 Å². The number of carbonyl (C=O) groups excluding carboxylic acids is 1. The number of aliphatic hydroxyl groups is 2. The fourth-order valence-corrected chi connectivity index (χ4v) is 3.25. The highest BCUT2D eigenvalue weighted by molar-refractivity contribution is 5.80. The van der Waals surface area contributed by atoms with Crippen molar-refractivity contribution in [3.63, 3.8) is 0 Å². The lowest BCUT2D eigenvalue weighted by molar-refractivity contribution is -0.187. The van der Waals surface area contributed by atoms with E-state index in [-0.39, 0.29) is 0 Å². The van der Waals surface area contributed by atoms with Crippen LogP contribution in [0.4, 0.5) is 0 Å². The van der Waals surface area contributed by atoms with Crippen LogP contribution >= 0.6 is 0 Å². The Labute approximate surface area is 117 Å². The first kappa shape index (κ1) is 15.0. The molecule has 0 aromatic carbocycles. The van der Waals surface area contributed by atoms with Gasteiger partial charge < -0.3 is 24.4 Å². The molecule has 2 aliphatic carbocycles. The van der Waals surface area contributed by atoms with Crippen LogP contribution in [0, 0.1) is 11.3 Å². The molecule has 0 radical (unpaired) electrons. The molecule has 0 unspecified atom stereocenters. The number of methoxy groups -OCH3 is 3. The Morgan fingerprint density at radius 1 is 1.30 bits per heavy atom. The van der Waals surface area contributed by atoms with Crippen molar-refractivity contribution >= 4 is 5.97 Å². The first-order valence-electron chi connectivity index (χ1n) is 6.42. The van der Waals surface area contributed by atoms with Crippen LogP contribution < -0.4 is 0 Å². The summed E-state index contributed by atoms with van der Waals surface area (Å²) in [6, 6.07) is 0. The van der Waals surface area contributed by atoms with Crippen molar-refractivity contribution in [1.29, 1.82) is 0 Å². The fraction of sp³-hybridized carbons (Fsp3) is 0.643. The average molecular weight is 284 g/mol. The molecule has 0 aromatic heterocycles. The highest BCUT2D eigenvalue weighted by atomic mass is 16.5. The van der Waals surface area contributed by atoms with E-state index in [1.165, 1.54) is 33.5 Å². The molecule has 0 aliphatic heterocycles. The molecule has 112 valence electrons. The van der Waals surface area contributed by atoms with Gasteiger partial charge in [-0.15, -0.1) is 0 Å². The summed E-state index contributed by atoms with van der Waals surface area (Å²) >= 11 is 0. The number of aliphatic hydroxyl groups excluding tert-OH is 2. The van der Waals surface area contributed by atoms with E-state index in [1.54, 1.807) is 6.08 Å². The molecule has 2 N–H and O–H groups in total. The van der Waals surface area contributed by atoms with E-state index in [1.807, 2.05) is 0 Å². The second-order valence-corrected chi connectivity index (χ2v) is 5.05. The Balaban J connectivity index is 2.59. The third-order valence-corrected chi connectivity index (χ3v) is 4.29. The largest absolute Gasteiger partial charge is 0.501 e. The van der Waals surface area contributed by atoms with E-state index in [0.29, 0.717) is 12.2 Å². The van der Waals surface area contributed by atoms with Crippen LogP contribution in [-0.2, 0) is 19.0 Å². The molecule has 0 bridgehead atoms. The molecule has 2 aliphatic rings. The van der Waals surface area contributed by atoms with Gasteiger partial charge in [-0.2, -0.15) is 0 Å². The number of carbonyl (C=O) groups is 1. The van der Waals surface area contributed by atoms with Crippen molar-refractivity contribution in [3.05, 3.63) is 24.0 Å². The molecule has 6 heteroatoms. The maximum atomic E-state index is 12.4. The molecular formula is C14H20O6. The van der Waals surface area contributed by atoms with E-state index in [9.17, 15) is 15.0 Å². The average Bonchev–Trinajstić information content (AvgIpc) is 2.48. The first-order valence-corrected chi connectivity index (χ1v) is 6.42. The molecule has 0 heterocycles. The third kappa shape index (κ3) is 1.95. The summed E-state index contributed by atoms with van der Waals surface area (Å²) in [7, 11) is 4.22. The SMILES string of the molecule is COC(=O)[C@]12[C@H](CC(OC)=C[C@H]1OC)[C@H](O)C=C[C@@H]2O. The standard InChI is InChI=1S/C14H20O6/c1-18-8-6-9-10(15)4-5-11(16)14(9,13(17)20-3)12(7-8)19-2/h4-5,7,9-12,15-16H,6H2,1-3H3/t9-,10-,11+,12-,14+/m1/s1. The Hall–Kier alpha value is -1.37. The summed E-state index contributed by atoms with van der Waals surface area (Å²) in [5.41, 5.74) is -1.36. The van der Waals surface area contributed by atoms with Crippen LogP contribution in [-0.4, -0.2) is 55.8 Å². The van der Waals surface area contributed by atoms with Crippen molar-refractivity contribution in [2.75, 3.05) is 21.3 Å². The highest BCUT2D eigenvalue weighted by Crippen LogP contribution is 2.50. The number of esters is 1. The zero-order valence-electron chi connectivity index (χ0n) is 11.8.